The normalized spacial score (nSPS) is 20.9. The SMILES string of the molecule is C=CCOC(=O)N1C[C@@H](Oc2ccccc2)C[C@H]1C(=O)O. The molecule has 6 nitrogen and oxygen atoms in total. The number of aliphatic carboxylic acids is 1. The predicted octanol–water partition coefficient (Wildman–Crippen LogP) is 1.92. The lowest BCUT2D eigenvalue weighted by Crippen LogP contribution is -2.41. The van der Waals surface area contributed by atoms with Crippen LogP contribution in [0.5, 0.6) is 5.75 Å². The molecule has 1 saturated heterocycles. The number of ether oxygens (including phenoxy) is 2. The standard InChI is InChI=1S/C15H17NO5/c1-2-8-20-15(19)16-10-12(9-13(16)14(17)18)21-11-6-4-3-5-7-11/h2-7,12-13H,1,8-10H2,(H,17,18)/t12-,13-/m0/s1. The minimum atomic E-state index is -1.07. The molecule has 0 bridgehead atoms. The van der Waals surface area contributed by atoms with Crippen molar-refractivity contribution >= 4 is 12.1 Å². The van der Waals surface area contributed by atoms with Crippen LogP contribution in [0.25, 0.3) is 0 Å². The zero-order valence-electron chi connectivity index (χ0n) is 11.5. The summed E-state index contributed by atoms with van der Waals surface area (Å²) >= 11 is 0. The van der Waals surface area contributed by atoms with Crippen LogP contribution in [-0.4, -0.2) is 47.4 Å². The van der Waals surface area contributed by atoms with Gasteiger partial charge >= 0.3 is 12.1 Å². The number of benzene rings is 1. The van der Waals surface area contributed by atoms with Crippen molar-refractivity contribution in [2.45, 2.75) is 18.6 Å². The molecule has 1 aromatic rings. The van der Waals surface area contributed by atoms with Gasteiger partial charge in [0, 0.05) is 6.42 Å². The highest BCUT2D eigenvalue weighted by Crippen LogP contribution is 2.23. The van der Waals surface area contributed by atoms with Gasteiger partial charge in [-0.15, -0.1) is 0 Å². The molecule has 1 aliphatic rings. The summed E-state index contributed by atoms with van der Waals surface area (Å²) in [5.74, 6) is -0.419. The van der Waals surface area contributed by atoms with Gasteiger partial charge < -0.3 is 14.6 Å². The Morgan fingerprint density at radius 3 is 2.71 bits per heavy atom. The van der Waals surface area contributed by atoms with Crippen molar-refractivity contribution in [1.29, 1.82) is 0 Å². The summed E-state index contributed by atoms with van der Waals surface area (Å²) < 4.78 is 10.6. The molecule has 1 aliphatic heterocycles. The average molecular weight is 291 g/mol. The molecule has 0 aromatic heterocycles. The Morgan fingerprint density at radius 2 is 2.10 bits per heavy atom. The Bertz CT molecular complexity index is 516. The molecule has 0 radical (unpaired) electrons. The Balaban J connectivity index is 2.02. The van der Waals surface area contributed by atoms with Gasteiger partial charge in [-0.1, -0.05) is 30.9 Å². The maximum absolute atomic E-state index is 11.9. The second-order valence-corrected chi connectivity index (χ2v) is 4.66. The molecule has 2 rings (SSSR count). The predicted molar refractivity (Wildman–Crippen MR) is 75.1 cm³/mol. The van der Waals surface area contributed by atoms with Crippen molar-refractivity contribution < 1.29 is 24.2 Å². The summed E-state index contributed by atoms with van der Waals surface area (Å²) in [5.41, 5.74) is 0. The van der Waals surface area contributed by atoms with Gasteiger partial charge in [-0.2, -0.15) is 0 Å². The molecule has 6 heteroatoms. The summed E-state index contributed by atoms with van der Waals surface area (Å²) in [6.45, 7) is 3.68. The number of carboxylic acid groups (broad SMARTS) is 1. The van der Waals surface area contributed by atoms with E-state index in [-0.39, 0.29) is 25.7 Å². The van der Waals surface area contributed by atoms with Gasteiger partial charge in [-0.05, 0) is 12.1 Å². The van der Waals surface area contributed by atoms with E-state index in [2.05, 4.69) is 6.58 Å². The number of carboxylic acids is 1. The first-order valence-corrected chi connectivity index (χ1v) is 6.60. The van der Waals surface area contributed by atoms with Gasteiger partial charge in [0.2, 0.25) is 0 Å². The minimum Gasteiger partial charge on any atom is -0.488 e. The number of hydrogen-bond donors (Lipinski definition) is 1. The van der Waals surface area contributed by atoms with E-state index in [1.165, 1.54) is 11.0 Å². The fourth-order valence-corrected chi connectivity index (χ4v) is 2.22. The Labute approximate surface area is 122 Å². The highest BCUT2D eigenvalue weighted by atomic mass is 16.6. The van der Waals surface area contributed by atoms with E-state index in [0.717, 1.165) is 0 Å². The number of nitrogens with zero attached hydrogens (tertiary/aromatic N) is 1. The monoisotopic (exact) mass is 291 g/mol. The summed E-state index contributed by atoms with van der Waals surface area (Å²) in [7, 11) is 0. The van der Waals surface area contributed by atoms with E-state index in [4.69, 9.17) is 9.47 Å². The summed E-state index contributed by atoms with van der Waals surface area (Å²) in [6.07, 6.45) is 0.626. The fraction of sp³-hybridized carbons (Fsp3) is 0.333. The minimum absolute atomic E-state index is 0.0475. The quantitative estimate of drug-likeness (QED) is 0.839. The van der Waals surface area contributed by atoms with Crippen LogP contribution in [0, 0.1) is 0 Å². The van der Waals surface area contributed by atoms with E-state index in [9.17, 15) is 14.7 Å². The van der Waals surface area contributed by atoms with Crippen LogP contribution in [0.15, 0.2) is 43.0 Å². The highest BCUT2D eigenvalue weighted by Gasteiger charge is 2.41. The van der Waals surface area contributed by atoms with Crippen molar-refractivity contribution in [1.82, 2.24) is 4.90 Å². The second-order valence-electron chi connectivity index (χ2n) is 4.66. The van der Waals surface area contributed by atoms with Crippen LogP contribution >= 0.6 is 0 Å². The fourth-order valence-electron chi connectivity index (χ4n) is 2.22. The van der Waals surface area contributed by atoms with Gasteiger partial charge in [0.15, 0.2) is 0 Å². The largest absolute Gasteiger partial charge is 0.488 e. The van der Waals surface area contributed by atoms with Crippen molar-refractivity contribution in [2.24, 2.45) is 0 Å². The number of hydrogen-bond acceptors (Lipinski definition) is 4. The molecule has 21 heavy (non-hydrogen) atoms. The third-order valence-electron chi connectivity index (χ3n) is 3.15. The Morgan fingerprint density at radius 1 is 1.38 bits per heavy atom. The number of rotatable bonds is 5. The first-order chi connectivity index (χ1) is 10.1. The van der Waals surface area contributed by atoms with Gasteiger partial charge in [0.05, 0.1) is 6.54 Å². The molecule has 0 unspecified atom stereocenters. The maximum atomic E-state index is 11.9. The molecule has 0 spiro atoms. The summed E-state index contributed by atoms with van der Waals surface area (Å²) in [4.78, 5) is 24.3. The van der Waals surface area contributed by atoms with E-state index < -0.39 is 18.1 Å². The van der Waals surface area contributed by atoms with Crippen LogP contribution in [0.4, 0.5) is 4.79 Å². The van der Waals surface area contributed by atoms with Crippen molar-refractivity contribution in [3.05, 3.63) is 43.0 Å². The number of carbonyl (C=O) groups is 2. The molecule has 1 aromatic carbocycles. The van der Waals surface area contributed by atoms with Crippen LogP contribution in [0.3, 0.4) is 0 Å². The molecule has 1 fully saturated rings. The lowest BCUT2D eigenvalue weighted by molar-refractivity contribution is -0.141. The number of likely N-dealkylation sites (tertiary alicyclic amines) is 1. The number of amides is 1. The number of carbonyl (C=O) groups excluding carboxylic acids is 1. The molecule has 1 heterocycles. The highest BCUT2D eigenvalue weighted by molar-refractivity contribution is 5.81. The topological polar surface area (TPSA) is 76.1 Å². The summed E-state index contributed by atoms with van der Waals surface area (Å²) in [5, 5.41) is 9.22. The lowest BCUT2D eigenvalue weighted by atomic mass is 10.2. The third-order valence-corrected chi connectivity index (χ3v) is 3.15. The van der Waals surface area contributed by atoms with Crippen LogP contribution < -0.4 is 4.74 Å². The van der Waals surface area contributed by atoms with E-state index in [1.54, 1.807) is 12.1 Å². The van der Waals surface area contributed by atoms with Gasteiger partial charge in [-0.3, -0.25) is 4.90 Å². The average Bonchev–Trinajstić information content (AvgIpc) is 2.90. The molecule has 1 N–H and O–H groups in total. The molecular formula is C15H17NO5. The number of para-hydroxylation sites is 1. The third kappa shape index (κ3) is 3.75. The Kier molecular flexibility index (Phi) is 4.81. The lowest BCUT2D eigenvalue weighted by Gasteiger charge is -2.20. The van der Waals surface area contributed by atoms with Crippen molar-refractivity contribution in [3.63, 3.8) is 0 Å². The molecule has 1 amide bonds. The molecule has 0 saturated carbocycles. The second kappa shape index (κ2) is 6.78. The maximum Gasteiger partial charge on any atom is 0.410 e. The smallest absolute Gasteiger partial charge is 0.410 e. The first kappa shape index (κ1) is 14.9. The van der Waals surface area contributed by atoms with Crippen LogP contribution in [0.2, 0.25) is 0 Å². The van der Waals surface area contributed by atoms with Gasteiger partial charge in [-0.25, -0.2) is 9.59 Å². The molecule has 112 valence electrons. The molecule has 0 aliphatic carbocycles. The van der Waals surface area contributed by atoms with E-state index in [1.807, 2.05) is 18.2 Å². The van der Waals surface area contributed by atoms with E-state index >= 15 is 0 Å². The first-order valence-electron chi connectivity index (χ1n) is 6.60. The molecule has 2 atom stereocenters. The summed E-state index contributed by atoms with van der Waals surface area (Å²) in [6, 6.07) is 8.16. The van der Waals surface area contributed by atoms with Gasteiger partial charge in [0.25, 0.3) is 0 Å². The van der Waals surface area contributed by atoms with Crippen molar-refractivity contribution in [3.8, 4) is 5.75 Å². The van der Waals surface area contributed by atoms with Crippen molar-refractivity contribution in [2.75, 3.05) is 13.2 Å². The van der Waals surface area contributed by atoms with Gasteiger partial charge in [0.1, 0.15) is 24.5 Å². The van der Waals surface area contributed by atoms with Crippen LogP contribution in [0.1, 0.15) is 6.42 Å². The zero-order valence-corrected chi connectivity index (χ0v) is 11.5. The molecular weight excluding hydrogens is 274 g/mol. The van der Waals surface area contributed by atoms with E-state index in [0.29, 0.717) is 5.75 Å². The van der Waals surface area contributed by atoms with Crippen LogP contribution in [-0.2, 0) is 9.53 Å². The Hall–Kier alpha value is -2.50. The zero-order chi connectivity index (χ0) is 15.2.